The van der Waals surface area contributed by atoms with Gasteiger partial charge in [0, 0.05) is 11.4 Å². The minimum atomic E-state index is -4.57. The van der Waals surface area contributed by atoms with Gasteiger partial charge in [0.15, 0.2) is 6.61 Å². The smallest absolute Gasteiger partial charge is 0.416 e. The molecule has 26 heavy (non-hydrogen) atoms. The summed E-state index contributed by atoms with van der Waals surface area (Å²) < 4.78 is 42.6. The summed E-state index contributed by atoms with van der Waals surface area (Å²) in [6, 6.07) is 9.42. The Morgan fingerprint density at radius 3 is 2.31 bits per heavy atom. The summed E-state index contributed by atoms with van der Waals surface area (Å²) in [5.41, 5.74) is 5.53. The molecule has 8 heteroatoms. The van der Waals surface area contributed by atoms with Gasteiger partial charge >= 0.3 is 12.1 Å². The molecule has 0 aliphatic heterocycles. The molecule has 5 nitrogen and oxygen atoms in total. The predicted octanol–water partition coefficient (Wildman–Crippen LogP) is 3.65. The summed E-state index contributed by atoms with van der Waals surface area (Å²) in [5, 5.41) is 2.55. The molecule has 0 saturated heterocycles. The SMILES string of the molecule is CCc1ccc(NC(=O)COC(=O)c2ccc(C(F)(F)F)cc2N)cc1. The molecular formula is C18H17F3N2O3. The zero-order valence-corrected chi connectivity index (χ0v) is 13.9. The van der Waals surface area contributed by atoms with E-state index in [-0.39, 0.29) is 11.3 Å². The van der Waals surface area contributed by atoms with Crippen LogP contribution in [0.25, 0.3) is 0 Å². The van der Waals surface area contributed by atoms with Gasteiger partial charge in [-0.15, -0.1) is 0 Å². The maximum Gasteiger partial charge on any atom is 0.416 e. The highest BCUT2D eigenvalue weighted by Gasteiger charge is 2.31. The summed E-state index contributed by atoms with van der Waals surface area (Å²) in [5.74, 6) is -1.55. The number of carbonyl (C=O) groups excluding carboxylic acids is 2. The van der Waals surface area contributed by atoms with Crippen LogP contribution in [0.3, 0.4) is 0 Å². The van der Waals surface area contributed by atoms with Gasteiger partial charge < -0.3 is 15.8 Å². The lowest BCUT2D eigenvalue weighted by molar-refractivity contribution is -0.137. The fourth-order valence-corrected chi connectivity index (χ4v) is 2.15. The molecule has 0 saturated carbocycles. The Bertz CT molecular complexity index is 802. The van der Waals surface area contributed by atoms with Crippen LogP contribution >= 0.6 is 0 Å². The largest absolute Gasteiger partial charge is 0.452 e. The average Bonchev–Trinajstić information content (AvgIpc) is 2.59. The van der Waals surface area contributed by atoms with E-state index >= 15 is 0 Å². The first kappa shape index (κ1) is 19.3. The van der Waals surface area contributed by atoms with Gasteiger partial charge in [-0.1, -0.05) is 19.1 Å². The number of anilines is 2. The molecule has 0 bridgehead atoms. The molecule has 0 aromatic heterocycles. The monoisotopic (exact) mass is 366 g/mol. The van der Waals surface area contributed by atoms with E-state index in [1.54, 1.807) is 12.1 Å². The average molecular weight is 366 g/mol. The van der Waals surface area contributed by atoms with Crippen LogP contribution in [0, 0.1) is 0 Å². The van der Waals surface area contributed by atoms with E-state index in [2.05, 4.69) is 5.32 Å². The molecule has 0 aliphatic rings. The third kappa shape index (κ3) is 4.98. The number of ether oxygens (including phenoxy) is 1. The lowest BCUT2D eigenvalue weighted by atomic mass is 10.1. The Balaban J connectivity index is 1.94. The second-order valence-electron chi connectivity index (χ2n) is 5.47. The Morgan fingerprint density at radius 1 is 1.12 bits per heavy atom. The molecule has 0 fully saturated rings. The van der Waals surface area contributed by atoms with E-state index in [0.29, 0.717) is 11.8 Å². The summed E-state index contributed by atoms with van der Waals surface area (Å²) >= 11 is 0. The van der Waals surface area contributed by atoms with Crippen molar-refractivity contribution in [1.29, 1.82) is 0 Å². The van der Waals surface area contributed by atoms with E-state index in [9.17, 15) is 22.8 Å². The molecule has 3 N–H and O–H groups in total. The number of amides is 1. The van der Waals surface area contributed by atoms with Gasteiger partial charge in [-0.05, 0) is 42.3 Å². The quantitative estimate of drug-likeness (QED) is 0.625. The van der Waals surface area contributed by atoms with Crippen molar-refractivity contribution in [1.82, 2.24) is 0 Å². The Kier molecular flexibility index (Phi) is 5.86. The first-order valence-electron chi connectivity index (χ1n) is 7.73. The Morgan fingerprint density at radius 2 is 1.77 bits per heavy atom. The van der Waals surface area contributed by atoms with Crippen molar-refractivity contribution < 1.29 is 27.5 Å². The minimum Gasteiger partial charge on any atom is -0.452 e. The number of rotatable bonds is 5. The third-order valence-electron chi connectivity index (χ3n) is 3.58. The molecule has 0 heterocycles. The molecule has 0 atom stereocenters. The van der Waals surface area contributed by atoms with Crippen LogP contribution in [0.1, 0.15) is 28.4 Å². The zero-order chi connectivity index (χ0) is 19.3. The van der Waals surface area contributed by atoms with Crippen LogP contribution < -0.4 is 11.1 Å². The normalized spacial score (nSPS) is 11.1. The fourth-order valence-electron chi connectivity index (χ4n) is 2.15. The van der Waals surface area contributed by atoms with Gasteiger partial charge in [0.2, 0.25) is 0 Å². The van der Waals surface area contributed by atoms with Crippen molar-refractivity contribution in [2.45, 2.75) is 19.5 Å². The van der Waals surface area contributed by atoms with Crippen LogP contribution in [-0.2, 0) is 22.1 Å². The molecule has 0 unspecified atom stereocenters. The number of nitrogen functional groups attached to an aromatic ring is 1. The van der Waals surface area contributed by atoms with Gasteiger partial charge in [-0.2, -0.15) is 13.2 Å². The highest BCUT2D eigenvalue weighted by Crippen LogP contribution is 2.31. The molecular weight excluding hydrogens is 349 g/mol. The summed E-state index contributed by atoms with van der Waals surface area (Å²) in [6.07, 6.45) is -3.70. The Labute approximate surface area is 148 Å². The molecule has 2 aromatic carbocycles. The molecule has 138 valence electrons. The number of aryl methyl sites for hydroxylation is 1. The van der Waals surface area contributed by atoms with E-state index in [1.165, 1.54) is 0 Å². The molecule has 2 rings (SSSR count). The van der Waals surface area contributed by atoms with Crippen molar-refractivity contribution >= 4 is 23.3 Å². The van der Waals surface area contributed by atoms with Crippen molar-refractivity contribution in [3.8, 4) is 0 Å². The number of nitrogens with one attached hydrogen (secondary N) is 1. The van der Waals surface area contributed by atoms with E-state index in [1.807, 2.05) is 19.1 Å². The minimum absolute atomic E-state index is 0.238. The number of nitrogens with two attached hydrogens (primary N) is 1. The third-order valence-corrected chi connectivity index (χ3v) is 3.58. The lowest BCUT2D eigenvalue weighted by Crippen LogP contribution is -2.21. The molecule has 0 aliphatic carbocycles. The molecule has 2 aromatic rings. The van der Waals surface area contributed by atoms with Crippen molar-refractivity contribution in [3.63, 3.8) is 0 Å². The topological polar surface area (TPSA) is 81.4 Å². The molecule has 0 spiro atoms. The summed E-state index contributed by atoms with van der Waals surface area (Å²) in [7, 11) is 0. The van der Waals surface area contributed by atoms with Gasteiger partial charge in [0.1, 0.15) is 0 Å². The zero-order valence-electron chi connectivity index (χ0n) is 13.9. The van der Waals surface area contributed by atoms with Crippen molar-refractivity contribution in [2.75, 3.05) is 17.7 Å². The first-order valence-corrected chi connectivity index (χ1v) is 7.73. The second-order valence-corrected chi connectivity index (χ2v) is 5.47. The summed E-state index contributed by atoms with van der Waals surface area (Å²) in [4.78, 5) is 23.7. The summed E-state index contributed by atoms with van der Waals surface area (Å²) in [6.45, 7) is 1.41. The lowest BCUT2D eigenvalue weighted by Gasteiger charge is -2.11. The highest BCUT2D eigenvalue weighted by molar-refractivity contribution is 5.98. The van der Waals surface area contributed by atoms with E-state index in [0.717, 1.165) is 24.1 Å². The number of halogens is 3. The van der Waals surface area contributed by atoms with Crippen LogP contribution in [0.5, 0.6) is 0 Å². The highest BCUT2D eigenvalue weighted by atomic mass is 19.4. The fraction of sp³-hybridized carbons (Fsp3) is 0.222. The van der Waals surface area contributed by atoms with Crippen LogP contribution in [0.4, 0.5) is 24.5 Å². The van der Waals surface area contributed by atoms with Crippen molar-refractivity contribution in [3.05, 3.63) is 59.2 Å². The molecule has 1 amide bonds. The van der Waals surface area contributed by atoms with Gasteiger partial charge in [0.25, 0.3) is 5.91 Å². The van der Waals surface area contributed by atoms with Crippen LogP contribution in [-0.4, -0.2) is 18.5 Å². The number of esters is 1. The van der Waals surface area contributed by atoms with Crippen LogP contribution in [0.15, 0.2) is 42.5 Å². The number of hydrogen-bond donors (Lipinski definition) is 2. The number of carbonyl (C=O) groups is 2. The second kappa shape index (κ2) is 7.90. The Hall–Kier alpha value is -3.03. The standard InChI is InChI=1S/C18H17F3N2O3/c1-2-11-3-6-13(7-4-11)23-16(24)10-26-17(25)14-8-5-12(9-15(14)22)18(19,20)21/h3-9H,2,10,22H2,1H3,(H,23,24). The maximum atomic E-state index is 12.6. The van der Waals surface area contributed by atoms with Gasteiger partial charge in [-0.3, -0.25) is 4.79 Å². The number of alkyl halides is 3. The van der Waals surface area contributed by atoms with Crippen LogP contribution in [0.2, 0.25) is 0 Å². The number of benzene rings is 2. The van der Waals surface area contributed by atoms with E-state index in [4.69, 9.17) is 10.5 Å². The van der Waals surface area contributed by atoms with Gasteiger partial charge in [0.05, 0.1) is 11.1 Å². The molecule has 0 radical (unpaired) electrons. The maximum absolute atomic E-state index is 12.6. The van der Waals surface area contributed by atoms with Gasteiger partial charge in [-0.25, -0.2) is 4.79 Å². The van der Waals surface area contributed by atoms with Crippen molar-refractivity contribution in [2.24, 2.45) is 0 Å². The number of hydrogen-bond acceptors (Lipinski definition) is 4. The van der Waals surface area contributed by atoms with E-state index < -0.39 is 30.2 Å². The predicted molar refractivity (Wildman–Crippen MR) is 90.6 cm³/mol. The first-order chi connectivity index (χ1) is 12.2.